The zero-order valence-electron chi connectivity index (χ0n) is 14.2. The third kappa shape index (κ3) is 3.91. The van der Waals surface area contributed by atoms with E-state index < -0.39 is 0 Å². The number of phenolic OH excluding ortho intramolecular Hbond substituents is 2. The molecule has 0 atom stereocenters. The Morgan fingerprint density at radius 3 is 1.22 bits per heavy atom. The van der Waals surface area contributed by atoms with Crippen molar-refractivity contribution in [1.82, 2.24) is 9.97 Å². The second-order valence-electron chi connectivity index (χ2n) is 5.85. The first-order valence-corrected chi connectivity index (χ1v) is 8.23. The van der Waals surface area contributed by atoms with Crippen LogP contribution in [0.25, 0.3) is 33.9 Å². The third-order valence-electron chi connectivity index (χ3n) is 4.12. The molecule has 2 heterocycles. The summed E-state index contributed by atoms with van der Waals surface area (Å²) < 4.78 is 0. The Hall–Kier alpha value is -2.97. The average molecular weight is 535 g/mol. The van der Waals surface area contributed by atoms with Gasteiger partial charge in [0.1, 0.15) is 11.5 Å². The minimum absolute atomic E-state index is 0. The second kappa shape index (κ2) is 8.15. The Morgan fingerprint density at radius 1 is 0.444 bits per heavy atom. The molecule has 5 heteroatoms. The van der Waals surface area contributed by atoms with Gasteiger partial charge in [-0.1, -0.05) is 36.4 Å². The predicted octanol–water partition coefficient (Wildman–Crippen LogP) is 4.89. The van der Waals surface area contributed by atoms with E-state index in [4.69, 9.17) is 0 Å². The van der Waals surface area contributed by atoms with Gasteiger partial charge in [0.15, 0.2) is 0 Å². The van der Waals surface area contributed by atoms with E-state index in [1.165, 1.54) is 0 Å². The molecular weight excluding hydrogens is 519 g/mol. The predicted molar refractivity (Wildman–Crippen MR) is 102 cm³/mol. The normalized spacial score (nSPS) is 10.2. The summed E-state index contributed by atoms with van der Waals surface area (Å²) in [6.45, 7) is 0. The van der Waals surface area contributed by atoms with E-state index in [9.17, 15) is 10.2 Å². The Kier molecular flexibility index (Phi) is 5.68. The summed E-state index contributed by atoms with van der Waals surface area (Å²) in [7, 11) is 0. The van der Waals surface area contributed by atoms with E-state index in [2.05, 4.69) is 9.97 Å². The van der Waals surface area contributed by atoms with Crippen molar-refractivity contribution in [2.24, 2.45) is 0 Å². The molecular formula is C22H16N2O2Pt. The molecule has 2 aromatic heterocycles. The van der Waals surface area contributed by atoms with Gasteiger partial charge in [0.25, 0.3) is 0 Å². The molecule has 0 spiro atoms. The summed E-state index contributed by atoms with van der Waals surface area (Å²) in [6.07, 6.45) is 0. The fourth-order valence-corrected chi connectivity index (χ4v) is 2.84. The van der Waals surface area contributed by atoms with Gasteiger partial charge in [-0.2, -0.15) is 0 Å². The maximum Gasteiger partial charge on any atom is 0.124 e. The molecule has 0 saturated heterocycles. The van der Waals surface area contributed by atoms with E-state index in [0.29, 0.717) is 33.9 Å². The molecule has 0 aliphatic heterocycles. The van der Waals surface area contributed by atoms with E-state index in [-0.39, 0.29) is 32.6 Å². The number of rotatable bonds is 3. The van der Waals surface area contributed by atoms with Crippen LogP contribution in [0.2, 0.25) is 0 Å². The molecule has 0 amide bonds. The van der Waals surface area contributed by atoms with Gasteiger partial charge < -0.3 is 10.2 Å². The van der Waals surface area contributed by atoms with Gasteiger partial charge >= 0.3 is 0 Å². The Balaban J connectivity index is 0.00000210. The van der Waals surface area contributed by atoms with Gasteiger partial charge in [-0.25, -0.2) is 9.97 Å². The fraction of sp³-hybridized carbons (Fsp3) is 0. The topological polar surface area (TPSA) is 66.2 Å². The van der Waals surface area contributed by atoms with Crippen LogP contribution in [0.5, 0.6) is 11.5 Å². The van der Waals surface area contributed by atoms with E-state index in [1.54, 1.807) is 24.3 Å². The van der Waals surface area contributed by atoms with Crippen LogP contribution in [-0.2, 0) is 21.1 Å². The molecule has 0 saturated carbocycles. The molecule has 4 nitrogen and oxygen atoms in total. The number of aromatic nitrogens is 2. The molecule has 2 aromatic carbocycles. The molecule has 4 aromatic rings. The van der Waals surface area contributed by atoms with Crippen molar-refractivity contribution in [3.05, 3.63) is 84.9 Å². The van der Waals surface area contributed by atoms with Crippen LogP contribution >= 0.6 is 0 Å². The van der Waals surface area contributed by atoms with Crippen molar-refractivity contribution in [1.29, 1.82) is 0 Å². The molecule has 27 heavy (non-hydrogen) atoms. The van der Waals surface area contributed by atoms with E-state index >= 15 is 0 Å². The summed E-state index contributed by atoms with van der Waals surface area (Å²) in [5.41, 5.74) is 4.09. The van der Waals surface area contributed by atoms with Gasteiger partial charge in [-0.3, -0.25) is 0 Å². The van der Waals surface area contributed by atoms with Crippen LogP contribution < -0.4 is 0 Å². The number of para-hydroxylation sites is 2. The van der Waals surface area contributed by atoms with Gasteiger partial charge in [-0.15, -0.1) is 0 Å². The number of benzene rings is 2. The molecule has 0 radical (unpaired) electrons. The molecule has 0 aliphatic carbocycles. The number of phenols is 2. The molecule has 2 N–H and O–H groups in total. The first-order valence-electron chi connectivity index (χ1n) is 8.23. The van der Waals surface area contributed by atoms with E-state index in [0.717, 1.165) is 0 Å². The van der Waals surface area contributed by atoms with Crippen molar-refractivity contribution in [2.75, 3.05) is 0 Å². The van der Waals surface area contributed by atoms with Crippen LogP contribution in [0.3, 0.4) is 0 Å². The summed E-state index contributed by atoms with van der Waals surface area (Å²) in [5, 5.41) is 20.1. The smallest absolute Gasteiger partial charge is 0.124 e. The number of hydrogen-bond acceptors (Lipinski definition) is 4. The minimum atomic E-state index is 0. The maximum absolute atomic E-state index is 10.1. The minimum Gasteiger partial charge on any atom is -0.507 e. The van der Waals surface area contributed by atoms with Gasteiger partial charge in [-0.05, 0) is 48.5 Å². The molecule has 0 bridgehead atoms. The Bertz CT molecular complexity index is 996. The third-order valence-corrected chi connectivity index (χ3v) is 4.12. The molecule has 0 aliphatic rings. The van der Waals surface area contributed by atoms with Crippen molar-refractivity contribution in [3.63, 3.8) is 0 Å². The largest absolute Gasteiger partial charge is 0.507 e. The van der Waals surface area contributed by atoms with Crippen LogP contribution in [0, 0.1) is 0 Å². The molecule has 4 rings (SSSR count). The number of hydrogen-bond donors (Lipinski definition) is 2. The monoisotopic (exact) mass is 535 g/mol. The van der Waals surface area contributed by atoms with E-state index in [1.807, 2.05) is 60.7 Å². The average Bonchev–Trinajstić information content (AvgIpc) is 2.69. The fourth-order valence-electron chi connectivity index (χ4n) is 2.84. The molecule has 0 unspecified atom stereocenters. The zero-order valence-corrected chi connectivity index (χ0v) is 16.5. The zero-order chi connectivity index (χ0) is 17.9. The second-order valence-corrected chi connectivity index (χ2v) is 5.85. The van der Waals surface area contributed by atoms with Gasteiger partial charge in [0.05, 0.1) is 22.8 Å². The number of aromatic hydroxyl groups is 2. The quantitative estimate of drug-likeness (QED) is 0.392. The van der Waals surface area contributed by atoms with Crippen molar-refractivity contribution in [3.8, 4) is 45.4 Å². The Morgan fingerprint density at radius 2 is 0.815 bits per heavy atom. The van der Waals surface area contributed by atoms with Crippen LogP contribution in [0.4, 0.5) is 0 Å². The maximum atomic E-state index is 10.1. The van der Waals surface area contributed by atoms with Crippen LogP contribution in [-0.4, -0.2) is 20.2 Å². The summed E-state index contributed by atoms with van der Waals surface area (Å²) in [4.78, 5) is 9.29. The number of pyridine rings is 2. The summed E-state index contributed by atoms with van der Waals surface area (Å²) >= 11 is 0. The molecule has 136 valence electrons. The van der Waals surface area contributed by atoms with Crippen molar-refractivity contribution in [2.45, 2.75) is 0 Å². The van der Waals surface area contributed by atoms with Crippen molar-refractivity contribution < 1.29 is 31.3 Å². The van der Waals surface area contributed by atoms with Gasteiger partial charge in [0, 0.05) is 32.2 Å². The standard InChI is InChI=1S/C22H16N2O2.Pt/c25-21-13-3-1-7-15(21)17-9-5-11-19(23-17)20-12-6-10-18(24-20)16-8-2-4-14-22(16)26;/h1-14,25-26H;. The first kappa shape index (κ1) is 18.8. The first-order chi connectivity index (χ1) is 12.7. The SMILES string of the molecule is Oc1ccccc1-c1cccc(-c2cccc(-c3ccccc3O)n2)n1.[Pt]. The molecule has 0 fully saturated rings. The van der Waals surface area contributed by atoms with Crippen LogP contribution in [0.1, 0.15) is 0 Å². The van der Waals surface area contributed by atoms with Crippen molar-refractivity contribution >= 4 is 0 Å². The summed E-state index contributed by atoms with van der Waals surface area (Å²) in [5.74, 6) is 0.376. The van der Waals surface area contributed by atoms with Gasteiger partial charge in [0.2, 0.25) is 0 Å². The Labute approximate surface area is 171 Å². The summed E-state index contributed by atoms with van der Waals surface area (Å²) in [6, 6.07) is 25.4. The van der Waals surface area contributed by atoms with Crippen LogP contribution in [0.15, 0.2) is 84.9 Å². The number of nitrogens with zero attached hydrogens (tertiary/aromatic N) is 2.